The van der Waals surface area contributed by atoms with Crippen LogP contribution in [0.4, 0.5) is 0 Å². The minimum atomic E-state index is -0.599. The van der Waals surface area contributed by atoms with E-state index in [9.17, 15) is 10.1 Å². The minimum absolute atomic E-state index is 0.0287. The Morgan fingerprint density at radius 2 is 2.03 bits per heavy atom. The molecule has 6 nitrogen and oxygen atoms in total. The molecule has 0 fully saturated rings. The van der Waals surface area contributed by atoms with Crippen LogP contribution in [0.3, 0.4) is 0 Å². The van der Waals surface area contributed by atoms with E-state index in [0.717, 1.165) is 11.1 Å². The van der Waals surface area contributed by atoms with Gasteiger partial charge in [-0.05, 0) is 41.3 Å². The van der Waals surface area contributed by atoms with Crippen LogP contribution in [0.1, 0.15) is 43.7 Å². The fourth-order valence-electron chi connectivity index (χ4n) is 4.43. The number of Topliss-reactive ketones (excluding diaryl/α,β-unsaturated/α-hetero) is 1. The molecule has 4 rings (SSSR count). The van der Waals surface area contributed by atoms with E-state index < -0.39 is 5.92 Å². The van der Waals surface area contributed by atoms with E-state index in [2.05, 4.69) is 6.07 Å². The van der Waals surface area contributed by atoms with Crippen molar-refractivity contribution in [1.29, 1.82) is 5.26 Å². The normalized spacial score (nSPS) is 19.5. The van der Waals surface area contributed by atoms with Gasteiger partial charge in [-0.25, -0.2) is 0 Å². The number of ether oxygens (including phenoxy) is 3. The van der Waals surface area contributed by atoms with Crippen LogP contribution in [0, 0.1) is 16.7 Å². The molecule has 2 aromatic carbocycles. The van der Waals surface area contributed by atoms with E-state index in [-0.39, 0.29) is 29.3 Å². The Morgan fingerprint density at radius 3 is 2.73 bits per heavy atom. The van der Waals surface area contributed by atoms with Gasteiger partial charge in [-0.2, -0.15) is 5.26 Å². The second-order valence-electron chi connectivity index (χ2n) is 9.02. The van der Waals surface area contributed by atoms with Gasteiger partial charge in [0, 0.05) is 29.0 Å². The number of hydrogen-bond acceptors (Lipinski definition) is 6. The molecule has 1 unspecified atom stereocenters. The molecule has 2 aromatic rings. The number of allylic oxidation sites excluding steroid dienone is 3. The van der Waals surface area contributed by atoms with Crippen LogP contribution >= 0.6 is 11.6 Å². The van der Waals surface area contributed by atoms with Gasteiger partial charge in [-0.3, -0.25) is 4.79 Å². The Morgan fingerprint density at radius 1 is 1.24 bits per heavy atom. The number of methoxy groups -OCH3 is 1. The molecule has 1 atom stereocenters. The Bertz CT molecular complexity index is 1220. The second-order valence-corrected chi connectivity index (χ2v) is 9.46. The molecule has 0 amide bonds. The van der Waals surface area contributed by atoms with Gasteiger partial charge in [-0.15, -0.1) is 0 Å². The van der Waals surface area contributed by atoms with E-state index in [0.29, 0.717) is 40.7 Å². The molecular weight excluding hydrogens is 440 g/mol. The average molecular weight is 465 g/mol. The van der Waals surface area contributed by atoms with Crippen LogP contribution in [-0.2, 0) is 16.1 Å². The second kappa shape index (κ2) is 8.84. The van der Waals surface area contributed by atoms with Gasteiger partial charge in [0.1, 0.15) is 35.5 Å². The van der Waals surface area contributed by atoms with Crippen LogP contribution in [0.5, 0.6) is 11.5 Å². The third kappa shape index (κ3) is 4.55. The topological polar surface area (TPSA) is 94.6 Å². The molecule has 0 saturated heterocycles. The standard InChI is InChI=1S/C26H25ClN2O4/c1-26(2)11-20(30)24-22(12-26)33-25(29)19(13-28)23(24)15-7-8-21(31-3)16(9-15)14-32-18-6-4-5-17(27)10-18/h4-10,23H,11-12,14,29H2,1-3H3. The first-order chi connectivity index (χ1) is 15.7. The van der Waals surface area contributed by atoms with E-state index >= 15 is 0 Å². The number of nitrogens with two attached hydrogens (primary N) is 1. The highest BCUT2D eigenvalue weighted by atomic mass is 35.5. The molecule has 170 valence electrons. The maximum Gasteiger partial charge on any atom is 0.205 e. The number of benzene rings is 2. The van der Waals surface area contributed by atoms with Gasteiger partial charge in [0.2, 0.25) is 5.88 Å². The summed E-state index contributed by atoms with van der Waals surface area (Å²) < 4.78 is 17.2. The van der Waals surface area contributed by atoms with Crippen LogP contribution in [0.25, 0.3) is 0 Å². The van der Waals surface area contributed by atoms with Crippen molar-refractivity contribution < 1.29 is 19.0 Å². The van der Waals surface area contributed by atoms with Crippen LogP contribution < -0.4 is 15.2 Å². The van der Waals surface area contributed by atoms with Gasteiger partial charge < -0.3 is 19.9 Å². The number of nitrogens with zero attached hydrogens (tertiary/aromatic N) is 1. The third-order valence-corrected chi connectivity index (χ3v) is 6.14. The number of ketones is 1. The fraction of sp³-hybridized carbons (Fsp3) is 0.308. The monoisotopic (exact) mass is 464 g/mol. The van der Waals surface area contributed by atoms with Crippen molar-refractivity contribution in [1.82, 2.24) is 0 Å². The molecule has 1 aliphatic carbocycles. The smallest absolute Gasteiger partial charge is 0.205 e. The van der Waals surface area contributed by atoms with Gasteiger partial charge in [-0.1, -0.05) is 37.6 Å². The zero-order chi connectivity index (χ0) is 23.8. The summed E-state index contributed by atoms with van der Waals surface area (Å²) in [5, 5.41) is 10.4. The molecule has 0 bridgehead atoms. The lowest BCUT2D eigenvalue weighted by molar-refractivity contribution is -0.119. The first-order valence-electron chi connectivity index (χ1n) is 10.6. The number of carbonyl (C=O) groups is 1. The van der Waals surface area contributed by atoms with E-state index in [4.69, 9.17) is 31.5 Å². The zero-order valence-electron chi connectivity index (χ0n) is 18.8. The Balaban J connectivity index is 1.75. The van der Waals surface area contributed by atoms with Crippen LogP contribution in [-0.4, -0.2) is 12.9 Å². The van der Waals surface area contributed by atoms with E-state index in [1.54, 1.807) is 19.2 Å². The van der Waals surface area contributed by atoms with Crippen molar-refractivity contribution in [3.63, 3.8) is 0 Å². The molecule has 7 heteroatoms. The predicted octanol–water partition coefficient (Wildman–Crippen LogP) is 5.38. The summed E-state index contributed by atoms with van der Waals surface area (Å²) in [5.41, 5.74) is 8.15. The number of nitriles is 1. The molecule has 33 heavy (non-hydrogen) atoms. The largest absolute Gasteiger partial charge is 0.496 e. The number of halogens is 1. The Kier molecular flexibility index (Phi) is 6.09. The highest BCUT2D eigenvalue weighted by Gasteiger charge is 2.43. The molecule has 0 spiro atoms. The molecule has 0 radical (unpaired) electrons. The van der Waals surface area contributed by atoms with E-state index in [1.807, 2.05) is 44.2 Å². The first-order valence-corrected chi connectivity index (χ1v) is 11.0. The summed E-state index contributed by atoms with van der Waals surface area (Å²) in [6.45, 7) is 4.26. The highest BCUT2D eigenvalue weighted by molar-refractivity contribution is 6.30. The molecule has 2 aliphatic rings. The highest BCUT2D eigenvalue weighted by Crippen LogP contribution is 2.48. The van der Waals surface area contributed by atoms with Crippen molar-refractivity contribution in [2.24, 2.45) is 11.1 Å². The summed E-state index contributed by atoms with van der Waals surface area (Å²) in [6.07, 6.45) is 0.954. The quantitative estimate of drug-likeness (QED) is 0.638. The van der Waals surface area contributed by atoms with Crippen molar-refractivity contribution in [2.75, 3.05) is 7.11 Å². The zero-order valence-corrected chi connectivity index (χ0v) is 19.5. The van der Waals surface area contributed by atoms with E-state index in [1.165, 1.54) is 0 Å². The van der Waals surface area contributed by atoms with Crippen LogP contribution in [0.2, 0.25) is 5.02 Å². The lowest BCUT2D eigenvalue weighted by Gasteiger charge is -2.37. The SMILES string of the molecule is COc1ccc(C2C(C#N)=C(N)OC3=C2C(=O)CC(C)(C)C3)cc1COc1cccc(Cl)c1. The third-order valence-electron chi connectivity index (χ3n) is 5.90. The van der Waals surface area contributed by atoms with Gasteiger partial charge in [0.15, 0.2) is 5.78 Å². The number of carbonyl (C=O) groups excluding carboxylic acids is 1. The summed E-state index contributed by atoms with van der Waals surface area (Å²) in [7, 11) is 1.58. The molecule has 1 aliphatic heterocycles. The van der Waals surface area contributed by atoms with Crippen molar-refractivity contribution in [3.05, 3.63) is 81.4 Å². The van der Waals surface area contributed by atoms with Gasteiger partial charge in [0.05, 0.1) is 13.0 Å². The fourth-order valence-corrected chi connectivity index (χ4v) is 4.61. The van der Waals surface area contributed by atoms with Crippen molar-refractivity contribution in [3.8, 4) is 17.6 Å². The maximum atomic E-state index is 13.2. The first kappa shape index (κ1) is 22.8. The summed E-state index contributed by atoms with van der Waals surface area (Å²) >= 11 is 6.06. The van der Waals surface area contributed by atoms with Crippen molar-refractivity contribution >= 4 is 17.4 Å². The molecule has 0 aromatic heterocycles. The summed E-state index contributed by atoms with van der Waals surface area (Å²) in [5.74, 6) is 1.22. The van der Waals surface area contributed by atoms with Crippen LogP contribution in [0.15, 0.2) is 65.3 Å². The lowest BCUT2D eigenvalue weighted by atomic mass is 9.70. The molecule has 0 saturated carbocycles. The molecule has 2 N–H and O–H groups in total. The number of hydrogen-bond donors (Lipinski definition) is 1. The summed E-state index contributed by atoms with van der Waals surface area (Å²) in [6, 6.07) is 14.8. The Labute approximate surface area is 198 Å². The lowest BCUT2D eigenvalue weighted by Crippen LogP contribution is -2.33. The summed E-state index contributed by atoms with van der Waals surface area (Å²) in [4.78, 5) is 13.2. The van der Waals surface area contributed by atoms with Crippen molar-refractivity contribution in [2.45, 2.75) is 39.2 Å². The number of rotatable bonds is 5. The maximum absolute atomic E-state index is 13.2. The predicted molar refractivity (Wildman–Crippen MR) is 124 cm³/mol. The average Bonchev–Trinajstić information content (AvgIpc) is 2.75. The Hall–Kier alpha value is -3.43. The van der Waals surface area contributed by atoms with Gasteiger partial charge >= 0.3 is 0 Å². The molecule has 1 heterocycles. The molecular formula is C26H25ClN2O4. The minimum Gasteiger partial charge on any atom is -0.496 e. The van der Waals surface area contributed by atoms with Gasteiger partial charge in [0.25, 0.3) is 0 Å².